The minimum atomic E-state index is -3.37. The second-order valence-electron chi connectivity index (χ2n) is 2.35. The Balaban J connectivity index is 3.06. The van der Waals surface area contributed by atoms with Crippen LogP contribution in [0.15, 0.2) is 16.8 Å². The fourth-order valence-electron chi connectivity index (χ4n) is 0.811. The lowest BCUT2D eigenvalue weighted by molar-refractivity contribution is 0.0601. The van der Waals surface area contributed by atoms with Gasteiger partial charge in [0.05, 0.1) is 7.11 Å². The van der Waals surface area contributed by atoms with Crippen molar-refractivity contribution in [3.63, 3.8) is 0 Å². The molecule has 14 heavy (non-hydrogen) atoms. The maximum absolute atomic E-state index is 11.3. The van der Waals surface area contributed by atoms with Crippen molar-refractivity contribution in [3.05, 3.63) is 22.4 Å². The van der Waals surface area contributed by atoms with Gasteiger partial charge in [-0.1, -0.05) is 0 Å². The van der Waals surface area contributed by atoms with E-state index < -0.39 is 24.5 Å². The van der Waals surface area contributed by atoms with E-state index in [4.69, 9.17) is 0 Å². The number of rotatable bonds is 3. The zero-order valence-electron chi connectivity index (χ0n) is 7.68. The Morgan fingerprint density at radius 2 is 2.21 bits per heavy atom. The van der Waals surface area contributed by atoms with Gasteiger partial charge in [-0.15, -0.1) is 0 Å². The predicted molar refractivity (Wildman–Crippen MR) is 53.6 cm³/mol. The minimum absolute atomic E-state index is 0.273. The van der Waals surface area contributed by atoms with Crippen molar-refractivity contribution >= 4 is 24.5 Å². The van der Waals surface area contributed by atoms with Crippen molar-refractivity contribution in [1.29, 1.82) is 0 Å². The molecule has 1 heterocycles. The molecule has 0 fully saturated rings. The number of nitrogens with one attached hydrogen (secondary N) is 1. The van der Waals surface area contributed by atoms with Crippen molar-refractivity contribution in [3.8, 4) is 0 Å². The molecule has 1 unspecified atom stereocenters. The first-order chi connectivity index (χ1) is 6.51. The van der Waals surface area contributed by atoms with Crippen LogP contribution in [-0.2, 0) is 13.8 Å². The number of hydrogen-bond donors (Lipinski definition) is 1. The summed E-state index contributed by atoms with van der Waals surface area (Å²) in [5.74, 6) is -0.525. The molecule has 7 heteroatoms. The maximum Gasteiger partial charge on any atom is 0.409 e. The van der Waals surface area contributed by atoms with Crippen LogP contribution in [0.2, 0.25) is 0 Å². The van der Waals surface area contributed by atoms with E-state index in [1.807, 2.05) is 0 Å². The topological polar surface area (TPSA) is 72.5 Å². The first kappa shape index (κ1) is 11.2. The molecular formula is C7H10NO4S2+. The third-order valence-corrected chi connectivity index (χ3v) is 6.09. The second-order valence-corrected chi connectivity index (χ2v) is 7.31. The largest absolute Gasteiger partial charge is 0.465 e. The summed E-state index contributed by atoms with van der Waals surface area (Å²) >= 11 is 0. The van der Waals surface area contributed by atoms with Gasteiger partial charge in [0.25, 0.3) is 0 Å². The summed E-state index contributed by atoms with van der Waals surface area (Å²) in [5, 5.41) is 2.83. The van der Waals surface area contributed by atoms with E-state index in [0.717, 1.165) is 0 Å². The molecular weight excluding hydrogens is 226 g/mol. The Morgan fingerprint density at radius 1 is 1.57 bits per heavy atom. The lowest BCUT2D eigenvalue weighted by Gasteiger charge is -1.90. The molecule has 0 radical (unpaired) electrons. The van der Waals surface area contributed by atoms with E-state index in [1.54, 1.807) is 0 Å². The van der Waals surface area contributed by atoms with Gasteiger partial charge in [-0.25, -0.2) is 4.79 Å². The van der Waals surface area contributed by atoms with Crippen molar-refractivity contribution in [2.45, 2.75) is 0 Å². The molecule has 1 aromatic rings. The number of esters is 1. The molecule has 5 nitrogen and oxygen atoms in total. The van der Waals surface area contributed by atoms with E-state index in [9.17, 15) is 13.2 Å². The highest BCUT2D eigenvalue weighted by atomic mass is 33.2. The number of carbonyl (C=O) groups excluding carboxylic acids is 1. The summed E-state index contributed by atoms with van der Waals surface area (Å²) in [5.41, 5.74) is 0.273. The molecule has 0 saturated heterocycles. The zero-order valence-corrected chi connectivity index (χ0v) is 9.31. The third kappa shape index (κ3) is 2.11. The number of hydrogen-bond acceptors (Lipinski definition) is 4. The van der Waals surface area contributed by atoms with Gasteiger partial charge in [-0.05, 0) is 0 Å². The van der Waals surface area contributed by atoms with Gasteiger partial charge in [-0.2, -0.15) is 13.1 Å². The van der Waals surface area contributed by atoms with Crippen LogP contribution in [0.4, 0.5) is 0 Å². The second kappa shape index (κ2) is 4.07. The van der Waals surface area contributed by atoms with Gasteiger partial charge in [-0.3, -0.25) is 0 Å². The average molecular weight is 236 g/mol. The van der Waals surface area contributed by atoms with Gasteiger partial charge >= 0.3 is 15.0 Å². The van der Waals surface area contributed by atoms with E-state index in [2.05, 4.69) is 9.46 Å². The normalized spacial score (nSPS) is 12.6. The summed E-state index contributed by atoms with van der Waals surface area (Å²) < 4.78 is 29.3. The molecule has 1 aromatic heterocycles. The standard InChI is InChI=1S/C7H10NO4S2/c1-8-14(10,11)13-4-3-6(5-13)7(9)12-2/h3-5,8H,1-2H3/q+1. The number of methoxy groups -OCH3 is 1. The van der Waals surface area contributed by atoms with Crippen molar-refractivity contribution in [2.24, 2.45) is 0 Å². The molecule has 0 amide bonds. The molecule has 1 atom stereocenters. The highest BCUT2D eigenvalue weighted by Gasteiger charge is 2.25. The molecule has 1 rings (SSSR count). The van der Waals surface area contributed by atoms with Crippen LogP contribution in [-0.4, -0.2) is 28.5 Å². The van der Waals surface area contributed by atoms with E-state index in [-0.39, 0.29) is 5.56 Å². The lowest BCUT2D eigenvalue weighted by Crippen LogP contribution is -2.13. The SMILES string of the molecule is CNS(=O)(=O)[s+]1ccc(C(=O)OC)c1. The van der Waals surface area contributed by atoms with Crippen LogP contribution in [0, 0.1) is 0 Å². The van der Waals surface area contributed by atoms with Gasteiger partial charge in [0.2, 0.25) is 0 Å². The zero-order chi connectivity index (χ0) is 10.8. The monoisotopic (exact) mass is 236 g/mol. The summed E-state index contributed by atoms with van der Waals surface area (Å²) in [7, 11) is -1.85. The summed E-state index contributed by atoms with van der Waals surface area (Å²) in [6.45, 7) is 0. The molecule has 0 bridgehead atoms. The van der Waals surface area contributed by atoms with Gasteiger partial charge < -0.3 is 4.74 Å². The van der Waals surface area contributed by atoms with Crippen LogP contribution < -0.4 is 4.72 Å². The smallest absolute Gasteiger partial charge is 0.409 e. The third-order valence-electron chi connectivity index (χ3n) is 1.55. The highest BCUT2D eigenvalue weighted by molar-refractivity contribution is 8.37. The minimum Gasteiger partial charge on any atom is -0.465 e. The Hall–Kier alpha value is -0.920. The lowest BCUT2D eigenvalue weighted by atomic mass is 10.4. The van der Waals surface area contributed by atoms with E-state index in [0.29, 0.717) is 0 Å². The number of ether oxygens (including phenoxy) is 1. The Bertz CT molecular complexity index is 434. The van der Waals surface area contributed by atoms with Crippen LogP contribution >= 0.6 is 9.50 Å². The molecule has 0 saturated carbocycles. The van der Waals surface area contributed by atoms with Crippen molar-refractivity contribution in [1.82, 2.24) is 4.72 Å². The first-order valence-corrected chi connectivity index (χ1v) is 7.00. The maximum atomic E-state index is 11.3. The summed E-state index contributed by atoms with van der Waals surface area (Å²) in [4.78, 5) is 11.0. The molecule has 0 aliphatic rings. The molecule has 78 valence electrons. The molecule has 0 aliphatic heterocycles. The molecule has 0 aliphatic carbocycles. The van der Waals surface area contributed by atoms with Crippen LogP contribution in [0.1, 0.15) is 10.4 Å². The van der Waals surface area contributed by atoms with E-state index >= 15 is 0 Å². The predicted octanol–water partition coefficient (Wildman–Crippen LogP) is 0.535. The van der Waals surface area contributed by atoms with Gasteiger partial charge in [0, 0.05) is 13.1 Å². The fourth-order valence-corrected chi connectivity index (χ4v) is 3.93. The van der Waals surface area contributed by atoms with E-state index in [1.165, 1.54) is 31.0 Å². The van der Waals surface area contributed by atoms with Crippen molar-refractivity contribution < 1.29 is 17.9 Å². The fraction of sp³-hybridized carbons (Fsp3) is 0.286. The van der Waals surface area contributed by atoms with Gasteiger partial charge in [0.1, 0.15) is 15.1 Å². The van der Waals surface area contributed by atoms with Crippen LogP contribution in [0.5, 0.6) is 0 Å². The molecule has 1 N–H and O–H groups in total. The molecule has 0 spiro atoms. The molecule has 0 aromatic carbocycles. The number of carbonyl (C=O) groups is 1. The first-order valence-electron chi connectivity index (χ1n) is 3.65. The van der Waals surface area contributed by atoms with Crippen LogP contribution in [0.3, 0.4) is 0 Å². The Labute approximate surface area is 84.1 Å². The van der Waals surface area contributed by atoms with Crippen LogP contribution in [0.25, 0.3) is 0 Å². The summed E-state index contributed by atoms with van der Waals surface area (Å²) in [6, 6.07) is 1.45. The number of thiophene rings is 1. The Kier molecular flexibility index (Phi) is 3.25. The Morgan fingerprint density at radius 3 is 2.71 bits per heavy atom. The van der Waals surface area contributed by atoms with Gasteiger partial charge in [0.15, 0.2) is 10.8 Å². The highest BCUT2D eigenvalue weighted by Crippen LogP contribution is 2.26. The average Bonchev–Trinajstić information content (AvgIpc) is 2.66. The quantitative estimate of drug-likeness (QED) is 0.472. The summed E-state index contributed by atoms with van der Waals surface area (Å²) in [6.07, 6.45) is 0. The van der Waals surface area contributed by atoms with Crippen molar-refractivity contribution in [2.75, 3.05) is 14.2 Å².